The van der Waals surface area contributed by atoms with Gasteiger partial charge in [0.25, 0.3) is 0 Å². The van der Waals surface area contributed by atoms with Gasteiger partial charge in [-0.2, -0.15) is 0 Å². The number of Topliss-reactive ketones (excluding diaryl/α,β-unsaturated/α-hetero) is 2. The third kappa shape index (κ3) is 11.7. The van der Waals surface area contributed by atoms with E-state index < -0.39 is 0 Å². The van der Waals surface area contributed by atoms with Gasteiger partial charge in [-0.1, -0.05) is 12.8 Å². The SMILES string of the molecule is NCCCC(=O)CCCCCCC(=O)CCCN. The zero-order chi connectivity index (χ0) is 13.6. The zero-order valence-electron chi connectivity index (χ0n) is 11.5. The molecule has 0 heterocycles. The number of carbonyl (C=O) groups is 2. The lowest BCUT2D eigenvalue weighted by molar-refractivity contribution is -0.120. The van der Waals surface area contributed by atoms with Crippen LogP contribution in [0.25, 0.3) is 0 Å². The van der Waals surface area contributed by atoms with E-state index in [1.54, 1.807) is 0 Å². The highest BCUT2D eigenvalue weighted by Crippen LogP contribution is 2.08. The first kappa shape index (κ1) is 17.3. The fraction of sp³-hybridized carbons (Fsp3) is 0.857. The summed E-state index contributed by atoms with van der Waals surface area (Å²) in [6.07, 6.45) is 8.14. The highest BCUT2D eigenvalue weighted by Gasteiger charge is 2.03. The van der Waals surface area contributed by atoms with Gasteiger partial charge in [0.05, 0.1) is 0 Å². The minimum atomic E-state index is 0.319. The number of carbonyl (C=O) groups excluding carboxylic acids is 2. The van der Waals surface area contributed by atoms with Crippen LogP contribution in [0.4, 0.5) is 0 Å². The Labute approximate surface area is 110 Å². The van der Waals surface area contributed by atoms with E-state index in [0.29, 0.717) is 50.3 Å². The van der Waals surface area contributed by atoms with Gasteiger partial charge in [-0.25, -0.2) is 0 Å². The minimum absolute atomic E-state index is 0.319. The lowest BCUT2D eigenvalue weighted by Gasteiger charge is -2.02. The molecular weight excluding hydrogens is 228 g/mol. The molecule has 0 atom stereocenters. The number of ketones is 2. The second-order valence-electron chi connectivity index (χ2n) is 4.78. The summed E-state index contributed by atoms with van der Waals surface area (Å²) in [5.41, 5.74) is 10.7. The van der Waals surface area contributed by atoms with E-state index >= 15 is 0 Å². The van der Waals surface area contributed by atoms with Crippen LogP contribution in [0.2, 0.25) is 0 Å². The topological polar surface area (TPSA) is 86.2 Å². The quantitative estimate of drug-likeness (QED) is 0.493. The van der Waals surface area contributed by atoms with Crippen molar-refractivity contribution >= 4 is 11.6 Å². The van der Waals surface area contributed by atoms with Crippen molar-refractivity contribution in [2.75, 3.05) is 13.1 Å². The summed E-state index contributed by atoms with van der Waals surface area (Å²) in [5, 5.41) is 0. The Hall–Kier alpha value is -0.740. The van der Waals surface area contributed by atoms with Gasteiger partial charge in [-0.15, -0.1) is 0 Å². The molecule has 0 amide bonds. The van der Waals surface area contributed by atoms with E-state index in [2.05, 4.69) is 0 Å². The summed E-state index contributed by atoms with van der Waals surface area (Å²) >= 11 is 0. The maximum atomic E-state index is 11.3. The molecule has 0 saturated carbocycles. The van der Waals surface area contributed by atoms with Crippen molar-refractivity contribution in [3.05, 3.63) is 0 Å². The maximum absolute atomic E-state index is 11.3. The summed E-state index contributed by atoms with van der Waals surface area (Å²) in [5.74, 6) is 0.638. The van der Waals surface area contributed by atoms with E-state index in [0.717, 1.165) is 38.5 Å². The molecule has 0 aliphatic heterocycles. The molecular formula is C14H28N2O2. The first-order valence-electron chi connectivity index (χ1n) is 7.14. The largest absolute Gasteiger partial charge is 0.330 e. The molecule has 0 spiro atoms. The van der Waals surface area contributed by atoms with E-state index in [4.69, 9.17) is 11.5 Å². The van der Waals surface area contributed by atoms with Crippen LogP contribution in [0.15, 0.2) is 0 Å². The molecule has 0 aromatic carbocycles. The molecule has 0 aliphatic carbocycles. The van der Waals surface area contributed by atoms with Crippen LogP contribution in [-0.4, -0.2) is 24.7 Å². The molecule has 0 rings (SSSR count). The van der Waals surface area contributed by atoms with Gasteiger partial charge in [-0.3, -0.25) is 9.59 Å². The molecule has 0 unspecified atom stereocenters. The van der Waals surface area contributed by atoms with Gasteiger partial charge in [0.15, 0.2) is 0 Å². The lowest BCUT2D eigenvalue weighted by Crippen LogP contribution is -2.05. The first-order valence-corrected chi connectivity index (χ1v) is 7.14. The van der Waals surface area contributed by atoms with Crippen LogP contribution >= 0.6 is 0 Å². The summed E-state index contributed by atoms with van der Waals surface area (Å²) < 4.78 is 0. The van der Waals surface area contributed by atoms with Gasteiger partial charge in [0.2, 0.25) is 0 Å². The van der Waals surface area contributed by atoms with Crippen LogP contribution in [0.1, 0.15) is 64.2 Å². The number of rotatable bonds is 13. The highest BCUT2D eigenvalue weighted by atomic mass is 16.1. The van der Waals surface area contributed by atoms with Crippen molar-refractivity contribution in [3.8, 4) is 0 Å². The van der Waals surface area contributed by atoms with Crippen molar-refractivity contribution in [2.45, 2.75) is 64.2 Å². The second-order valence-corrected chi connectivity index (χ2v) is 4.78. The highest BCUT2D eigenvalue weighted by molar-refractivity contribution is 5.78. The van der Waals surface area contributed by atoms with Crippen molar-refractivity contribution in [2.24, 2.45) is 11.5 Å². The second kappa shape index (κ2) is 12.7. The van der Waals surface area contributed by atoms with Crippen molar-refractivity contribution in [1.29, 1.82) is 0 Å². The van der Waals surface area contributed by atoms with Crippen LogP contribution in [0, 0.1) is 0 Å². The van der Waals surface area contributed by atoms with Gasteiger partial charge in [-0.05, 0) is 38.8 Å². The molecule has 0 aromatic heterocycles. The Bertz CT molecular complexity index is 206. The Morgan fingerprint density at radius 1 is 0.556 bits per heavy atom. The lowest BCUT2D eigenvalue weighted by atomic mass is 10.0. The predicted molar refractivity (Wildman–Crippen MR) is 74.3 cm³/mol. The minimum Gasteiger partial charge on any atom is -0.330 e. The zero-order valence-corrected chi connectivity index (χ0v) is 11.5. The molecule has 0 bridgehead atoms. The molecule has 0 aliphatic rings. The molecule has 0 aromatic rings. The van der Waals surface area contributed by atoms with Crippen LogP contribution < -0.4 is 11.5 Å². The van der Waals surface area contributed by atoms with Crippen molar-refractivity contribution in [3.63, 3.8) is 0 Å². The Morgan fingerprint density at radius 3 is 1.22 bits per heavy atom. The molecule has 106 valence electrons. The number of hydrogen-bond acceptors (Lipinski definition) is 4. The van der Waals surface area contributed by atoms with Crippen LogP contribution in [0.3, 0.4) is 0 Å². The maximum Gasteiger partial charge on any atom is 0.132 e. The first-order chi connectivity index (χ1) is 8.70. The van der Waals surface area contributed by atoms with Gasteiger partial charge in [0, 0.05) is 25.7 Å². The van der Waals surface area contributed by atoms with E-state index in [1.165, 1.54) is 0 Å². The fourth-order valence-electron chi connectivity index (χ4n) is 1.85. The van der Waals surface area contributed by atoms with Gasteiger partial charge >= 0.3 is 0 Å². The fourth-order valence-corrected chi connectivity index (χ4v) is 1.85. The van der Waals surface area contributed by atoms with Gasteiger partial charge < -0.3 is 11.5 Å². The average Bonchev–Trinajstić information content (AvgIpc) is 2.37. The molecule has 18 heavy (non-hydrogen) atoms. The molecule has 4 nitrogen and oxygen atoms in total. The molecule has 0 fully saturated rings. The van der Waals surface area contributed by atoms with Crippen LogP contribution in [-0.2, 0) is 9.59 Å². The number of nitrogens with two attached hydrogens (primary N) is 2. The van der Waals surface area contributed by atoms with Gasteiger partial charge in [0.1, 0.15) is 11.6 Å². The van der Waals surface area contributed by atoms with Crippen molar-refractivity contribution in [1.82, 2.24) is 0 Å². The molecule has 4 N–H and O–H groups in total. The van der Waals surface area contributed by atoms with E-state index in [-0.39, 0.29) is 0 Å². The number of unbranched alkanes of at least 4 members (excludes halogenated alkanes) is 3. The molecule has 4 heteroatoms. The monoisotopic (exact) mass is 256 g/mol. The average molecular weight is 256 g/mol. The normalized spacial score (nSPS) is 10.6. The number of hydrogen-bond donors (Lipinski definition) is 2. The third-order valence-corrected chi connectivity index (χ3v) is 2.98. The molecule has 0 saturated heterocycles. The van der Waals surface area contributed by atoms with E-state index in [1.807, 2.05) is 0 Å². The summed E-state index contributed by atoms with van der Waals surface area (Å²) in [4.78, 5) is 22.7. The summed E-state index contributed by atoms with van der Waals surface area (Å²) in [6.45, 7) is 1.19. The standard InChI is InChI=1S/C14H28N2O2/c15-11-5-9-13(17)7-3-1-2-4-8-14(18)10-6-12-16/h1-12,15-16H2. The Kier molecular flexibility index (Phi) is 12.2. The third-order valence-electron chi connectivity index (χ3n) is 2.98. The van der Waals surface area contributed by atoms with E-state index in [9.17, 15) is 9.59 Å². The predicted octanol–water partition coefficient (Wildman–Crippen LogP) is 1.94. The molecule has 0 radical (unpaired) electrons. The Balaban J connectivity index is 3.25. The van der Waals surface area contributed by atoms with Crippen LogP contribution in [0.5, 0.6) is 0 Å². The summed E-state index contributed by atoms with van der Waals surface area (Å²) in [6, 6.07) is 0. The van der Waals surface area contributed by atoms with Crippen molar-refractivity contribution < 1.29 is 9.59 Å². The Morgan fingerprint density at radius 2 is 0.889 bits per heavy atom. The summed E-state index contributed by atoms with van der Waals surface area (Å²) in [7, 11) is 0. The smallest absolute Gasteiger partial charge is 0.132 e.